The number of nitrogens with zero attached hydrogens (tertiary/aromatic N) is 1. The van der Waals surface area contributed by atoms with Gasteiger partial charge in [-0.3, -0.25) is 4.79 Å². The van der Waals surface area contributed by atoms with Gasteiger partial charge in [0.25, 0.3) is 0 Å². The summed E-state index contributed by atoms with van der Waals surface area (Å²) in [5.74, 6) is -0.981. The van der Waals surface area contributed by atoms with Crippen LogP contribution in [0.3, 0.4) is 0 Å². The molecule has 132 valence electrons. The van der Waals surface area contributed by atoms with Crippen molar-refractivity contribution in [1.29, 1.82) is 0 Å². The molecule has 1 atom stereocenters. The van der Waals surface area contributed by atoms with Crippen molar-refractivity contribution in [2.75, 3.05) is 19.6 Å². The summed E-state index contributed by atoms with van der Waals surface area (Å²) in [7, 11) is -3.43. The van der Waals surface area contributed by atoms with Crippen LogP contribution in [0.2, 0.25) is 0 Å². The Balaban J connectivity index is 1.86. The normalized spacial score (nSPS) is 23.0. The minimum absolute atomic E-state index is 0.0276. The molecule has 0 radical (unpaired) electrons. The van der Waals surface area contributed by atoms with Crippen LogP contribution in [0, 0.1) is 0 Å². The quantitative estimate of drug-likeness (QED) is 0.647. The molecule has 9 heteroatoms. The molecule has 1 heterocycles. The first kappa shape index (κ1) is 18.0. The average molecular weight is 347 g/mol. The zero-order chi connectivity index (χ0) is 16.9. The number of rotatable bonds is 6. The number of amides is 2. The molecule has 0 bridgehead atoms. The highest BCUT2D eigenvalue weighted by atomic mass is 32.2. The molecule has 0 aromatic heterocycles. The number of nitrogens with one attached hydrogen (secondary N) is 2. The van der Waals surface area contributed by atoms with Gasteiger partial charge in [-0.2, -0.15) is 0 Å². The number of carbonyl (C=O) groups is 2. The highest BCUT2D eigenvalue weighted by Gasteiger charge is 2.34. The van der Waals surface area contributed by atoms with Gasteiger partial charge in [0.1, 0.15) is 0 Å². The molecule has 0 aromatic rings. The standard InChI is InChI=1S/C14H25N3O5S/c18-13(19)7-8-15-14(20)17-9-3-6-12(10-17)23(21,22)16-11-4-1-2-5-11/h11-12,16H,1-10H2,(H,15,20)(H,18,19). The van der Waals surface area contributed by atoms with Crippen LogP contribution >= 0.6 is 0 Å². The summed E-state index contributed by atoms with van der Waals surface area (Å²) in [6, 6.07) is -0.369. The van der Waals surface area contributed by atoms with Crippen LogP contribution in [0.4, 0.5) is 4.79 Å². The first-order chi connectivity index (χ1) is 10.9. The highest BCUT2D eigenvalue weighted by molar-refractivity contribution is 7.90. The van der Waals surface area contributed by atoms with E-state index in [1.54, 1.807) is 0 Å². The molecule has 3 N–H and O–H groups in total. The van der Waals surface area contributed by atoms with Gasteiger partial charge in [-0.1, -0.05) is 12.8 Å². The molecule has 8 nitrogen and oxygen atoms in total. The fourth-order valence-corrected chi connectivity index (χ4v) is 4.88. The second-order valence-electron chi connectivity index (χ2n) is 6.23. The number of sulfonamides is 1. The predicted octanol–water partition coefficient (Wildman–Crippen LogP) is 0.497. The number of piperidine rings is 1. The van der Waals surface area contributed by atoms with E-state index in [0.29, 0.717) is 19.4 Å². The van der Waals surface area contributed by atoms with Crippen molar-refractivity contribution in [3.8, 4) is 0 Å². The van der Waals surface area contributed by atoms with E-state index in [2.05, 4.69) is 10.0 Å². The van der Waals surface area contributed by atoms with Crippen molar-refractivity contribution < 1.29 is 23.1 Å². The molecule has 2 aliphatic rings. The molecule has 1 aliphatic carbocycles. The van der Waals surface area contributed by atoms with Crippen molar-refractivity contribution in [3.05, 3.63) is 0 Å². The van der Waals surface area contributed by atoms with Crippen molar-refractivity contribution in [2.45, 2.75) is 56.2 Å². The van der Waals surface area contributed by atoms with Crippen molar-refractivity contribution >= 4 is 22.0 Å². The Labute approximate surface area is 136 Å². The van der Waals surface area contributed by atoms with Crippen LogP contribution in [-0.4, -0.2) is 61.4 Å². The van der Waals surface area contributed by atoms with Gasteiger partial charge in [-0.15, -0.1) is 0 Å². The Morgan fingerprint density at radius 3 is 2.48 bits per heavy atom. The van der Waals surface area contributed by atoms with Crippen molar-refractivity contribution in [3.63, 3.8) is 0 Å². The maximum absolute atomic E-state index is 12.5. The van der Waals surface area contributed by atoms with Crippen LogP contribution in [0.5, 0.6) is 0 Å². The van der Waals surface area contributed by atoms with Gasteiger partial charge in [0.2, 0.25) is 10.0 Å². The average Bonchev–Trinajstić information content (AvgIpc) is 2.99. The van der Waals surface area contributed by atoms with E-state index >= 15 is 0 Å². The smallest absolute Gasteiger partial charge is 0.317 e. The first-order valence-electron chi connectivity index (χ1n) is 8.14. The lowest BCUT2D eigenvalue weighted by Crippen LogP contribution is -2.52. The number of urea groups is 1. The molecular weight excluding hydrogens is 322 g/mol. The minimum Gasteiger partial charge on any atom is -0.481 e. The number of carbonyl (C=O) groups excluding carboxylic acids is 1. The fraction of sp³-hybridized carbons (Fsp3) is 0.857. The van der Waals surface area contributed by atoms with Gasteiger partial charge in [0.05, 0.1) is 11.7 Å². The number of aliphatic carboxylic acids is 1. The lowest BCUT2D eigenvalue weighted by atomic mass is 10.1. The summed E-state index contributed by atoms with van der Waals surface area (Å²) < 4.78 is 27.7. The van der Waals surface area contributed by atoms with Gasteiger partial charge >= 0.3 is 12.0 Å². The predicted molar refractivity (Wildman–Crippen MR) is 84.6 cm³/mol. The lowest BCUT2D eigenvalue weighted by Gasteiger charge is -2.33. The Morgan fingerprint density at radius 1 is 1.13 bits per heavy atom. The van der Waals surface area contributed by atoms with Crippen molar-refractivity contribution in [2.24, 2.45) is 0 Å². The van der Waals surface area contributed by atoms with Crippen LogP contribution < -0.4 is 10.0 Å². The maximum Gasteiger partial charge on any atom is 0.317 e. The monoisotopic (exact) mass is 347 g/mol. The molecule has 2 fully saturated rings. The zero-order valence-electron chi connectivity index (χ0n) is 13.2. The van der Waals surface area contributed by atoms with E-state index in [4.69, 9.17) is 5.11 Å². The molecule has 1 unspecified atom stereocenters. The maximum atomic E-state index is 12.5. The molecular formula is C14H25N3O5S. The van der Waals surface area contributed by atoms with E-state index in [1.165, 1.54) is 4.90 Å². The van der Waals surface area contributed by atoms with E-state index in [9.17, 15) is 18.0 Å². The van der Waals surface area contributed by atoms with Crippen LogP contribution in [0.15, 0.2) is 0 Å². The van der Waals surface area contributed by atoms with Crippen LogP contribution in [0.1, 0.15) is 44.9 Å². The van der Waals surface area contributed by atoms with Crippen LogP contribution in [-0.2, 0) is 14.8 Å². The molecule has 1 saturated heterocycles. The zero-order valence-corrected chi connectivity index (χ0v) is 14.0. The second kappa shape index (κ2) is 7.96. The number of likely N-dealkylation sites (tertiary alicyclic amines) is 1. The molecule has 0 aromatic carbocycles. The Hall–Kier alpha value is -1.35. The summed E-state index contributed by atoms with van der Waals surface area (Å²) in [5, 5.41) is 10.5. The summed E-state index contributed by atoms with van der Waals surface area (Å²) in [6.45, 7) is 0.692. The fourth-order valence-electron chi connectivity index (χ4n) is 3.14. The number of hydrogen-bond donors (Lipinski definition) is 3. The third-order valence-corrected chi connectivity index (χ3v) is 6.33. The number of carboxylic acids is 1. The molecule has 1 aliphatic heterocycles. The third kappa shape index (κ3) is 5.35. The number of hydrogen-bond acceptors (Lipinski definition) is 4. The first-order valence-corrected chi connectivity index (χ1v) is 9.69. The molecule has 0 spiro atoms. The Morgan fingerprint density at radius 2 is 1.83 bits per heavy atom. The topological polar surface area (TPSA) is 116 Å². The molecule has 1 saturated carbocycles. The SMILES string of the molecule is O=C(O)CCNC(=O)N1CCCC(S(=O)(=O)NC2CCCC2)C1. The molecule has 23 heavy (non-hydrogen) atoms. The van der Waals surface area contributed by atoms with E-state index in [1.807, 2.05) is 0 Å². The summed E-state index contributed by atoms with van der Waals surface area (Å²) in [5.41, 5.74) is 0. The van der Waals surface area contributed by atoms with Gasteiger partial charge in [-0.05, 0) is 25.7 Å². The van der Waals surface area contributed by atoms with Gasteiger partial charge in [-0.25, -0.2) is 17.9 Å². The van der Waals surface area contributed by atoms with Gasteiger partial charge in [0, 0.05) is 25.7 Å². The highest BCUT2D eigenvalue weighted by Crippen LogP contribution is 2.22. The minimum atomic E-state index is -3.43. The third-order valence-electron chi connectivity index (χ3n) is 4.41. The van der Waals surface area contributed by atoms with Gasteiger partial charge in [0.15, 0.2) is 0 Å². The summed E-state index contributed by atoms with van der Waals surface area (Å²) >= 11 is 0. The molecule has 2 rings (SSSR count). The summed E-state index contributed by atoms with van der Waals surface area (Å²) in [6.07, 6.45) is 4.89. The summed E-state index contributed by atoms with van der Waals surface area (Å²) in [4.78, 5) is 23.9. The van der Waals surface area contributed by atoms with E-state index in [0.717, 1.165) is 25.7 Å². The van der Waals surface area contributed by atoms with E-state index < -0.39 is 27.3 Å². The van der Waals surface area contributed by atoms with Crippen LogP contribution in [0.25, 0.3) is 0 Å². The largest absolute Gasteiger partial charge is 0.481 e. The second-order valence-corrected chi connectivity index (χ2v) is 8.22. The molecule has 2 amide bonds. The van der Waals surface area contributed by atoms with Crippen molar-refractivity contribution in [1.82, 2.24) is 14.9 Å². The van der Waals surface area contributed by atoms with Gasteiger partial charge < -0.3 is 15.3 Å². The Bertz CT molecular complexity index is 531. The Kier molecular flexibility index (Phi) is 6.23. The lowest BCUT2D eigenvalue weighted by molar-refractivity contribution is -0.136. The number of carboxylic acid groups (broad SMARTS) is 1. The van der Waals surface area contributed by atoms with E-state index in [-0.39, 0.29) is 25.6 Å².